The molecule has 0 amide bonds. The Kier molecular flexibility index (Phi) is 8.28. The molecule has 0 bridgehead atoms. The maximum absolute atomic E-state index is 12.1. The predicted molar refractivity (Wildman–Crippen MR) is 118 cm³/mol. The lowest BCUT2D eigenvalue weighted by molar-refractivity contribution is -0.137. The van der Waals surface area contributed by atoms with Crippen LogP contribution < -0.4 is 9.47 Å². The Labute approximate surface area is 173 Å². The molecule has 0 atom stereocenters. The van der Waals surface area contributed by atoms with Gasteiger partial charge >= 0.3 is 5.97 Å². The van der Waals surface area contributed by atoms with Crippen LogP contribution in [-0.4, -0.2) is 26.8 Å². The fraction of sp³-hybridized carbons (Fsp3) is 0.240. The van der Waals surface area contributed by atoms with Crippen LogP contribution in [0.3, 0.4) is 0 Å². The van der Waals surface area contributed by atoms with Crippen LogP contribution in [0.1, 0.15) is 31.9 Å². The van der Waals surface area contributed by atoms with Gasteiger partial charge in [-0.25, -0.2) is 4.79 Å². The van der Waals surface area contributed by atoms with Crippen molar-refractivity contribution in [3.63, 3.8) is 0 Å². The smallest absolute Gasteiger partial charge is 0.331 e. The maximum atomic E-state index is 12.1. The van der Waals surface area contributed by atoms with Gasteiger partial charge in [-0.05, 0) is 72.9 Å². The lowest BCUT2D eigenvalue weighted by Crippen LogP contribution is -2.02. The van der Waals surface area contributed by atoms with E-state index in [2.05, 4.69) is 0 Å². The van der Waals surface area contributed by atoms with Crippen molar-refractivity contribution in [1.82, 2.24) is 0 Å². The second kappa shape index (κ2) is 10.9. The van der Waals surface area contributed by atoms with Crippen LogP contribution in [-0.2, 0) is 9.53 Å². The molecule has 0 radical (unpaired) electrons. The van der Waals surface area contributed by atoms with Crippen molar-refractivity contribution < 1.29 is 19.0 Å². The van der Waals surface area contributed by atoms with Gasteiger partial charge in [-0.2, -0.15) is 0 Å². The van der Waals surface area contributed by atoms with Gasteiger partial charge in [0.25, 0.3) is 0 Å². The molecule has 0 spiro atoms. The van der Waals surface area contributed by atoms with Crippen molar-refractivity contribution in [3.8, 4) is 11.5 Å². The molecular formula is C25H28O4. The van der Waals surface area contributed by atoms with E-state index in [4.69, 9.17) is 14.2 Å². The van der Waals surface area contributed by atoms with E-state index in [9.17, 15) is 4.79 Å². The van der Waals surface area contributed by atoms with Crippen LogP contribution in [0.2, 0.25) is 0 Å². The number of carbonyl (C=O) groups is 1. The number of carbonyl (C=O) groups excluding carboxylic acids is 1. The minimum Gasteiger partial charge on any atom is -0.497 e. The second-order valence-corrected chi connectivity index (χ2v) is 6.51. The van der Waals surface area contributed by atoms with Crippen molar-refractivity contribution in [2.75, 3.05) is 20.8 Å². The van der Waals surface area contributed by atoms with Gasteiger partial charge in [0.1, 0.15) is 11.5 Å². The van der Waals surface area contributed by atoms with Gasteiger partial charge in [-0.1, -0.05) is 36.4 Å². The van der Waals surface area contributed by atoms with Crippen molar-refractivity contribution in [2.24, 2.45) is 0 Å². The summed E-state index contributed by atoms with van der Waals surface area (Å²) in [6.45, 7) is 6.11. The molecule has 2 aromatic carbocycles. The molecule has 0 heterocycles. The average Bonchev–Trinajstić information content (AvgIpc) is 2.73. The fourth-order valence-electron chi connectivity index (χ4n) is 2.90. The Morgan fingerprint density at radius 3 is 1.55 bits per heavy atom. The van der Waals surface area contributed by atoms with E-state index in [1.807, 2.05) is 74.5 Å². The average molecular weight is 392 g/mol. The number of hydrogen-bond acceptors (Lipinski definition) is 4. The lowest BCUT2D eigenvalue weighted by atomic mass is 9.96. The number of rotatable bonds is 8. The molecule has 2 rings (SSSR count). The molecule has 4 nitrogen and oxygen atoms in total. The minimum atomic E-state index is -0.354. The summed E-state index contributed by atoms with van der Waals surface area (Å²) in [6.07, 6.45) is 5.62. The second-order valence-electron chi connectivity index (χ2n) is 6.51. The topological polar surface area (TPSA) is 44.8 Å². The number of esters is 1. The fourth-order valence-corrected chi connectivity index (χ4v) is 2.90. The summed E-state index contributed by atoms with van der Waals surface area (Å²) < 4.78 is 15.6. The maximum Gasteiger partial charge on any atom is 0.331 e. The van der Waals surface area contributed by atoms with Gasteiger partial charge in [-0.3, -0.25) is 0 Å². The van der Waals surface area contributed by atoms with Crippen molar-refractivity contribution in [1.29, 1.82) is 0 Å². The van der Waals surface area contributed by atoms with Crippen LogP contribution in [0.4, 0.5) is 0 Å². The van der Waals surface area contributed by atoms with Gasteiger partial charge < -0.3 is 14.2 Å². The van der Waals surface area contributed by atoms with E-state index in [-0.39, 0.29) is 5.97 Å². The number of hydrogen-bond donors (Lipinski definition) is 0. The van der Waals surface area contributed by atoms with Crippen molar-refractivity contribution in [2.45, 2.75) is 20.8 Å². The van der Waals surface area contributed by atoms with Gasteiger partial charge in [0.2, 0.25) is 0 Å². The van der Waals surface area contributed by atoms with Crippen LogP contribution >= 0.6 is 0 Å². The Morgan fingerprint density at radius 2 is 1.21 bits per heavy atom. The molecule has 0 aliphatic carbocycles. The first-order valence-corrected chi connectivity index (χ1v) is 9.50. The normalized spacial score (nSPS) is 11.6. The third kappa shape index (κ3) is 6.68. The molecule has 4 heteroatoms. The van der Waals surface area contributed by atoms with E-state index in [0.717, 1.165) is 39.3 Å². The Balaban J connectivity index is 2.39. The first-order chi connectivity index (χ1) is 14.0. The first kappa shape index (κ1) is 22.0. The summed E-state index contributed by atoms with van der Waals surface area (Å²) in [7, 11) is 3.28. The molecule has 0 aliphatic rings. The van der Waals surface area contributed by atoms with E-state index in [1.165, 1.54) is 0 Å². The highest BCUT2D eigenvalue weighted by Gasteiger charge is 2.08. The zero-order valence-electron chi connectivity index (χ0n) is 17.7. The highest BCUT2D eigenvalue weighted by Crippen LogP contribution is 2.25. The number of ether oxygens (including phenoxy) is 3. The van der Waals surface area contributed by atoms with Crippen LogP contribution in [0.5, 0.6) is 11.5 Å². The SMILES string of the molecule is CCOC(=O)C=C(/C(C)=C/c1ccc(OC)cc1)/C(C)=C/c1ccc(OC)cc1. The standard InChI is InChI=1S/C25H28O4/c1-6-29-25(26)17-24(18(2)15-20-7-11-22(27-4)12-8-20)19(3)16-21-9-13-23(28-5)14-10-21/h7-17H,6H2,1-5H3/b18-15+,19-16+. The molecule has 0 unspecified atom stereocenters. The van der Waals surface area contributed by atoms with Gasteiger partial charge in [0.15, 0.2) is 0 Å². The number of benzene rings is 2. The largest absolute Gasteiger partial charge is 0.497 e. The Morgan fingerprint density at radius 1 is 0.793 bits per heavy atom. The van der Waals surface area contributed by atoms with E-state index in [0.29, 0.717) is 6.61 Å². The van der Waals surface area contributed by atoms with Gasteiger partial charge in [0, 0.05) is 6.08 Å². The highest BCUT2D eigenvalue weighted by atomic mass is 16.5. The summed E-state index contributed by atoms with van der Waals surface area (Å²) in [5.41, 5.74) is 4.80. The molecule has 29 heavy (non-hydrogen) atoms. The molecular weight excluding hydrogens is 364 g/mol. The minimum absolute atomic E-state index is 0.338. The molecule has 0 fully saturated rings. The molecule has 0 aliphatic heterocycles. The van der Waals surface area contributed by atoms with Gasteiger partial charge in [0.05, 0.1) is 20.8 Å². The molecule has 152 valence electrons. The monoisotopic (exact) mass is 392 g/mol. The molecule has 0 N–H and O–H groups in total. The third-order valence-corrected chi connectivity index (χ3v) is 4.40. The Hall–Kier alpha value is -3.27. The predicted octanol–water partition coefficient (Wildman–Crippen LogP) is 5.70. The van der Waals surface area contributed by atoms with Crippen LogP contribution in [0.25, 0.3) is 12.2 Å². The number of methoxy groups -OCH3 is 2. The van der Waals surface area contributed by atoms with E-state index >= 15 is 0 Å². The van der Waals surface area contributed by atoms with Crippen LogP contribution in [0.15, 0.2) is 71.3 Å². The van der Waals surface area contributed by atoms with Crippen molar-refractivity contribution >= 4 is 18.1 Å². The third-order valence-electron chi connectivity index (χ3n) is 4.40. The number of allylic oxidation sites excluding steroid dienone is 3. The highest BCUT2D eigenvalue weighted by molar-refractivity contribution is 5.86. The van der Waals surface area contributed by atoms with Gasteiger partial charge in [-0.15, -0.1) is 0 Å². The molecule has 0 aromatic heterocycles. The summed E-state index contributed by atoms with van der Waals surface area (Å²) in [5, 5.41) is 0. The summed E-state index contributed by atoms with van der Waals surface area (Å²) >= 11 is 0. The van der Waals surface area contributed by atoms with Crippen molar-refractivity contribution in [3.05, 3.63) is 82.5 Å². The van der Waals surface area contributed by atoms with Crippen LogP contribution in [0, 0.1) is 0 Å². The van der Waals surface area contributed by atoms with E-state index < -0.39 is 0 Å². The summed E-state index contributed by atoms with van der Waals surface area (Å²) in [4.78, 5) is 12.1. The molecule has 0 saturated carbocycles. The molecule has 0 saturated heterocycles. The molecule has 2 aromatic rings. The quantitative estimate of drug-likeness (QED) is 0.328. The Bertz CT molecular complexity index is 835. The zero-order chi connectivity index (χ0) is 21.2. The summed E-state index contributed by atoms with van der Waals surface area (Å²) in [6, 6.07) is 15.6. The summed E-state index contributed by atoms with van der Waals surface area (Å²) in [5.74, 6) is 1.25. The van der Waals surface area contributed by atoms with E-state index in [1.54, 1.807) is 27.2 Å². The first-order valence-electron chi connectivity index (χ1n) is 9.50. The lowest BCUT2D eigenvalue weighted by Gasteiger charge is -2.11. The zero-order valence-corrected chi connectivity index (χ0v) is 17.7.